The number of carboxylic acid groups (broad SMARTS) is 1. The topological polar surface area (TPSA) is 82.1 Å². The molecule has 1 aliphatic carbocycles. The van der Waals surface area contributed by atoms with E-state index in [0.29, 0.717) is 12.8 Å². The van der Waals surface area contributed by atoms with Crippen molar-refractivity contribution in [1.29, 1.82) is 0 Å². The zero-order valence-electron chi connectivity index (χ0n) is 10.00. The number of hydrogen-bond acceptors (Lipinski definition) is 4. The van der Waals surface area contributed by atoms with Crippen LogP contribution >= 0.6 is 0 Å². The highest BCUT2D eigenvalue weighted by atomic mass is 16.4. The third-order valence-corrected chi connectivity index (χ3v) is 3.68. The molecule has 2 aromatic heterocycles. The van der Waals surface area contributed by atoms with Crippen LogP contribution in [0.2, 0.25) is 0 Å². The summed E-state index contributed by atoms with van der Waals surface area (Å²) in [6.45, 7) is 0. The first-order chi connectivity index (χ1) is 8.66. The molecule has 1 fully saturated rings. The lowest BCUT2D eigenvalue weighted by atomic mass is 9.79. The fourth-order valence-corrected chi connectivity index (χ4v) is 2.42. The fourth-order valence-electron chi connectivity index (χ4n) is 2.42. The van der Waals surface area contributed by atoms with Crippen molar-refractivity contribution in [3.63, 3.8) is 0 Å². The van der Waals surface area contributed by atoms with Gasteiger partial charge in [-0.05, 0) is 18.9 Å². The summed E-state index contributed by atoms with van der Waals surface area (Å²) in [6.07, 6.45) is 4.72. The van der Waals surface area contributed by atoms with Crippen LogP contribution in [0.5, 0.6) is 0 Å². The molecule has 1 saturated carbocycles. The summed E-state index contributed by atoms with van der Waals surface area (Å²) in [4.78, 5) is 24.3. The number of rotatable bonds is 3. The molecule has 6 heteroatoms. The van der Waals surface area contributed by atoms with E-state index >= 15 is 0 Å². The van der Waals surface area contributed by atoms with Crippen LogP contribution < -0.4 is 4.90 Å². The van der Waals surface area contributed by atoms with Crippen molar-refractivity contribution in [3.05, 3.63) is 18.6 Å². The number of aromatic amines is 1. The molecule has 3 rings (SSSR count). The summed E-state index contributed by atoms with van der Waals surface area (Å²) in [5, 5.41) is 9.86. The van der Waals surface area contributed by atoms with Gasteiger partial charge < -0.3 is 15.0 Å². The normalized spacial score (nSPS) is 22.7. The summed E-state index contributed by atoms with van der Waals surface area (Å²) < 4.78 is 0. The molecule has 0 aliphatic heterocycles. The third-order valence-electron chi connectivity index (χ3n) is 3.68. The molecule has 6 nitrogen and oxygen atoms in total. The summed E-state index contributed by atoms with van der Waals surface area (Å²) in [6, 6.07) is 2.19. The second-order valence-corrected chi connectivity index (χ2v) is 4.71. The van der Waals surface area contributed by atoms with E-state index in [1.165, 1.54) is 6.33 Å². The third kappa shape index (κ3) is 1.61. The van der Waals surface area contributed by atoms with Gasteiger partial charge in [-0.3, -0.25) is 4.79 Å². The number of carbonyl (C=O) groups is 1. The van der Waals surface area contributed by atoms with Crippen LogP contribution in [0.25, 0.3) is 11.0 Å². The number of aliphatic carboxylic acids is 1. The van der Waals surface area contributed by atoms with Crippen LogP contribution in [-0.2, 0) is 4.79 Å². The second kappa shape index (κ2) is 3.97. The molecule has 0 saturated heterocycles. The average Bonchev–Trinajstić information content (AvgIpc) is 2.73. The summed E-state index contributed by atoms with van der Waals surface area (Å²) >= 11 is 0. The van der Waals surface area contributed by atoms with E-state index in [0.717, 1.165) is 16.9 Å². The number of carboxylic acids is 1. The van der Waals surface area contributed by atoms with Crippen LogP contribution in [-0.4, -0.2) is 39.1 Å². The Hall–Kier alpha value is -2.11. The molecule has 2 N–H and O–H groups in total. The van der Waals surface area contributed by atoms with Crippen molar-refractivity contribution in [3.8, 4) is 0 Å². The molecule has 94 valence electrons. The maximum atomic E-state index is 10.8. The molecular formula is C12H14N4O2. The summed E-state index contributed by atoms with van der Waals surface area (Å²) in [5.74, 6) is -0.0507. The molecule has 2 heterocycles. The Balaban J connectivity index is 1.83. The van der Waals surface area contributed by atoms with Gasteiger partial charge in [0.2, 0.25) is 0 Å². The molecule has 18 heavy (non-hydrogen) atoms. The minimum Gasteiger partial charge on any atom is -0.481 e. The number of hydrogen-bond donors (Lipinski definition) is 2. The Morgan fingerprint density at radius 3 is 3.00 bits per heavy atom. The number of nitrogens with one attached hydrogen (secondary N) is 1. The maximum absolute atomic E-state index is 10.8. The van der Waals surface area contributed by atoms with Crippen molar-refractivity contribution in [2.75, 3.05) is 11.9 Å². The first kappa shape index (κ1) is 11.0. The predicted molar refractivity (Wildman–Crippen MR) is 66.4 cm³/mol. The van der Waals surface area contributed by atoms with Gasteiger partial charge >= 0.3 is 5.97 Å². The second-order valence-electron chi connectivity index (χ2n) is 4.71. The predicted octanol–water partition coefficient (Wildman–Crippen LogP) is 1.26. The quantitative estimate of drug-likeness (QED) is 0.852. The first-order valence-corrected chi connectivity index (χ1v) is 5.90. The average molecular weight is 246 g/mol. The molecule has 0 unspecified atom stereocenters. The van der Waals surface area contributed by atoms with Crippen LogP contribution in [0.3, 0.4) is 0 Å². The van der Waals surface area contributed by atoms with Crippen molar-refractivity contribution in [1.82, 2.24) is 15.0 Å². The lowest BCUT2D eigenvalue weighted by molar-refractivity contribution is -0.145. The molecular weight excluding hydrogens is 232 g/mol. The molecule has 0 bridgehead atoms. The molecule has 1 aliphatic rings. The Morgan fingerprint density at radius 2 is 2.28 bits per heavy atom. The molecule has 0 spiro atoms. The zero-order valence-corrected chi connectivity index (χ0v) is 10.00. The van der Waals surface area contributed by atoms with Gasteiger partial charge in [-0.15, -0.1) is 0 Å². The van der Waals surface area contributed by atoms with E-state index in [1.807, 2.05) is 19.3 Å². The fraction of sp³-hybridized carbons (Fsp3) is 0.417. The van der Waals surface area contributed by atoms with Crippen LogP contribution in [0, 0.1) is 5.92 Å². The van der Waals surface area contributed by atoms with E-state index in [9.17, 15) is 4.79 Å². The number of fused-ring (bicyclic) bond motifs is 1. The van der Waals surface area contributed by atoms with Gasteiger partial charge in [0.25, 0.3) is 0 Å². The van der Waals surface area contributed by atoms with Gasteiger partial charge in [0.15, 0.2) is 0 Å². The largest absolute Gasteiger partial charge is 0.481 e. The first-order valence-electron chi connectivity index (χ1n) is 5.90. The highest BCUT2D eigenvalue weighted by Crippen LogP contribution is 2.34. The lowest BCUT2D eigenvalue weighted by Crippen LogP contribution is -2.45. The minimum atomic E-state index is -0.700. The van der Waals surface area contributed by atoms with Crippen LogP contribution in [0.4, 0.5) is 5.82 Å². The standard InChI is InChI=1S/C12H14N4O2/c1-16(8-4-7(5-8)12(17)18)11-9-2-3-13-10(9)14-6-15-11/h2-3,6-8H,4-5H2,1H3,(H,17,18)(H,13,14,15). The van der Waals surface area contributed by atoms with Gasteiger partial charge in [-0.25, -0.2) is 9.97 Å². The minimum absolute atomic E-state index is 0.207. The van der Waals surface area contributed by atoms with Crippen LogP contribution in [0.1, 0.15) is 12.8 Å². The van der Waals surface area contributed by atoms with Gasteiger partial charge in [0.1, 0.15) is 17.8 Å². The Bertz CT molecular complexity index is 589. The van der Waals surface area contributed by atoms with Crippen molar-refractivity contribution >= 4 is 22.8 Å². The summed E-state index contributed by atoms with van der Waals surface area (Å²) in [5.41, 5.74) is 0.806. The lowest BCUT2D eigenvalue weighted by Gasteiger charge is -2.39. The van der Waals surface area contributed by atoms with Crippen molar-refractivity contribution < 1.29 is 9.90 Å². The molecule has 0 amide bonds. The Morgan fingerprint density at radius 1 is 1.50 bits per heavy atom. The molecule has 2 aromatic rings. The van der Waals surface area contributed by atoms with Gasteiger partial charge in [-0.1, -0.05) is 0 Å². The van der Waals surface area contributed by atoms with Gasteiger partial charge in [0, 0.05) is 19.3 Å². The highest BCUT2D eigenvalue weighted by Gasteiger charge is 2.37. The maximum Gasteiger partial charge on any atom is 0.306 e. The molecule has 0 radical (unpaired) electrons. The molecule has 0 atom stereocenters. The van der Waals surface area contributed by atoms with Gasteiger partial charge in [0.05, 0.1) is 11.3 Å². The van der Waals surface area contributed by atoms with Crippen LogP contribution in [0.15, 0.2) is 18.6 Å². The van der Waals surface area contributed by atoms with E-state index in [4.69, 9.17) is 5.11 Å². The van der Waals surface area contributed by atoms with Gasteiger partial charge in [-0.2, -0.15) is 0 Å². The molecule has 0 aromatic carbocycles. The Labute approximate surface area is 104 Å². The van der Waals surface area contributed by atoms with E-state index in [-0.39, 0.29) is 12.0 Å². The van der Waals surface area contributed by atoms with Crippen molar-refractivity contribution in [2.45, 2.75) is 18.9 Å². The zero-order chi connectivity index (χ0) is 12.7. The number of aromatic nitrogens is 3. The SMILES string of the molecule is CN(c1ncnc2[nH]ccc12)C1CC(C(=O)O)C1. The van der Waals surface area contributed by atoms with E-state index in [1.54, 1.807) is 0 Å². The monoisotopic (exact) mass is 246 g/mol. The van der Waals surface area contributed by atoms with E-state index < -0.39 is 5.97 Å². The van der Waals surface area contributed by atoms with E-state index in [2.05, 4.69) is 19.9 Å². The van der Waals surface area contributed by atoms with Crippen molar-refractivity contribution in [2.24, 2.45) is 5.92 Å². The number of anilines is 1. The number of H-pyrrole nitrogens is 1. The highest BCUT2D eigenvalue weighted by molar-refractivity contribution is 5.87. The Kier molecular flexibility index (Phi) is 2.43. The summed E-state index contributed by atoms with van der Waals surface area (Å²) in [7, 11) is 1.96. The number of nitrogens with zero attached hydrogens (tertiary/aromatic N) is 3. The smallest absolute Gasteiger partial charge is 0.306 e.